The van der Waals surface area contributed by atoms with Gasteiger partial charge in [0, 0.05) is 0 Å². The first-order chi connectivity index (χ1) is 9.74. The molecule has 104 valence electrons. The molecule has 20 heavy (non-hydrogen) atoms. The minimum atomic E-state index is -0.302. The zero-order valence-electron chi connectivity index (χ0n) is 11.8. The van der Waals surface area contributed by atoms with Crippen LogP contribution in [-0.2, 0) is 13.0 Å². The Hall–Kier alpha value is -1.80. The van der Waals surface area contributed by atoms with Crippen LogP contribution in [0.2, 0.25) is 0 Å². The number of rotatable bonds is 3. The summed E-state index contributed by atoms with van der Waals surface area (Å²) in [4.78, 5) is 0. The van der Waals surface area contributed by atoms with Gasteiger partial charge in [-0.2, -0.15) is 0 Å². The van der Waals surface area contributed by atoms with Crippen LogP contribution in [0.5, 0.6) is 5.75 Å². The van der Waals surface area contributed by atoms with Crippen molar-refractivity contribution in [3.8, 4) is 5.75 Å². The Kier molecular flexibility index (Phi) is 3.75. The van der Waals surface area contributed by atoms with Crippen LogP contribution in [0.3, 0.4) is 0 Å². The van der Waals surface area contributed by atoms with Crippen LogP contribution in [0.1, 0.15) is 41.2 Å². The van der Waals surface area contributed by atoms with Gasteiger partial charge in [0.15, 0.2) is 0 Å². The molecule has 1 N–H and O–H groups in total. The summed E-state index contributed by atoms with van der Waals surface area (Å²) in [5.74, 6) is 0.890. The van der Waals surface area contributed by atoms with E-state index in [1.165, 1.54) is 16.7 Å². The van der Waals surface area contributed by atoms with Crippen molar-refractivity contribution in [2.45, 2.75) is 38.9 Å². The number of fused-ring (bicyclic) bond motifs is 1. The minimum absolute atomic E-state index is 0.302. The quantitative estimate of drug-likeness (QED) is 0.913. The number of hydrogen-bond acceptors (Lipinski definition) is 2. The van der Waals surface area contributed by atoms with Gasteiger partial charge in [0.05, 0.1) is 6.10 Å². The fourth-order valence-corrected chi connectivity index (χ4v) is 2.79. The molecule has 0 aromatic heterocycles. The average Bonchev–Trinajstić information content (AvgIpc) is 2.46. The fourth-order valence-electron chi connectivity index (χ4n) is 2.79. The lowest BCUT2D eigenvalue weighted by atomic mass is 9.89. The van der Waals surface area contributed by atoms with Crippen molar-refractivity contribution in [3.05, 3.63) is 64.7 Å². The van der Waals surface area contributed by atoms with Gasteiger partial charge in [-0.3, -0.25) is 0 Å². The standard InChI is InChI=1S/C18H20O2/c1-13-5-2-3-6-15(13)12-20-16-9-10-17-14(11-16)7-4-8-18(17)19/h2-3,5-6,9-11,18-19H,4,7-8,12H2,1H3. The summed E-state index contributed by atoms with van der Waals surface area (Å²) in [6.45, 7) is 2.69. The highest BCUT2D eigenvalue weighted by Crippen LogP contribution is 2.32. The van der Waals surface area contributed by atoms with Gasteiger partial charge in [-0.25, -0.2) is 0 Å². The maximum atomic E-state index is 9.96. The normalized spacial score (nSPS) is 17.6. The molecule has 1 unspecified atom stereocenters. The topological polar surface area (TPSA) is 29.5 Å². The molecule has 0 spiro atoms. The predicted molar refractivity (Wildman–Crippen MR) is 79.9 cm³/mol. The van der Waals surface area contributed by atoms with Crippen molar-refractivity contribution in [3.63, 3.8) is 0 Å². The van der Waals surface area contributed by atoms with Gasteiger partial charge < -0.3 is 9.84 Å². The minimum Gasteiger partial charge on any atom is -0.489 e. The lowest BCUT2D eigenvalue weighted by Gasteiger charge is -2.22. The van der Waals surface area contributed by atoms with Crippen molar-refractivity contribution in [1.82, 2.24) is 0 Å². The van der Waals surface area contributed by atoms with E-state index in [4.69, 9.17) is 4.74 Å². The Balaban J connectivity index is 1.74. The molecule has 2 aromatic carbocycles. The van der Waals surface area contributed by atoms with E-state index in [0.29, 0.717) is 6.61 Å². The molecule has 0 aliphatic heterocycles. The zero-order chi connectivity index (χ0) is 13.9. The molecule has 2 nitrogen and oxygen atoms in total. The van der Waals surface area contributed by atoms with Crippen LogP contribution < -0.4 is 4.74 Å². The summed E-state index contributed by atoms with van der Waals surface area (Å²) in [7, 11) is 0. The van der Waals surface area contributed by atoms with Gasteiger partial charge >= 0.3 is 0 Å². The Morgan fingerprint density at radius 3 is 2.90 bits per heavy atom. The van der Waals surface area contributed by atoms with E-state index in [-0.39, 0.29) is 6.10 Å². The number of benzene rings is 2. The van der Waals surface area contributed by atoms with Crippen LogP contribution in [0.4, 0.5) is 0 Å². The fraction of sp³-hybridized carbons (Fsp3) is 0.333. The Morgan fingerprint density at radius 1 is 1.20 bits per heavy atom. The summed E-state index contributed by atoms with van der Waals surface area (Å²) in [5.41, 5.74) is 4.76. The molecule has 1 aliphatic carbocycles. The van der Waals surface area contributed by atoms with Gasteiger partial charge in [-0.05, 0) is 60.6 Å². The third-order valence-corrected chi connectivity index (χ3v) is 4.05. The largest absolute Gasteiger partial charge is 0.489 e. The second kappa shape index (κ2) is 5.68. The van der Waals surface area contributed by atoms with E-state index in [1.807, 2.05) is 24.3 Å². The van der Waals surface area contributed by atoms with Crippen molar-refractivity contribution in [1.29, 1.82) is 0 Å². The van der Waals surface area contributed by atoms with E-state index in [2.05, 4.69) is 25.1 Å². The van der Waals surface area contributed by atoms with E-state index in [9.17, 15) is 5.11 Å². The van der Waals surface area contributed by atoms with Crippen molar-refractivity contribution >= 4 is 0 Å². The first-order valence-corrected chi connectivity index (χ1v) is 7.22. The smallest absolute Gasteiger partial charge is 0.120 e. The monoisotopic (exact) mass is 268 g/mol. The molecule has 0 saturated heterocycles. The molecule has 2 heteroatoms. The highest BCUT2D eigenvalue weighted by Gasteiger charge is 2.18. The number of hydrogen-bond donors (Lipinski definition) is 1. The third-order valence-electron chi connectivity index (χ3n) is 4.05. The lowest BCUT2D eigenvalue weighted by molar-refractivity contribution is 0.156. The molecule has 2 aromatic rings. The van der Waals surface area contributed by atoms with Gasteiger partial charge in [-0.1, -0.05) is 30.3 Å². The Morgan fingerprint density at radius 2 is 2.05 bits per heavy atom. The first-order valence-electron chi connectivity index (χ1n) is 7.22. The summed E-state index contributed by atoms with van der Waals surface area (Å²) in [6, 6.07) is 14.3. The highest BCUT2D eigenvalue weighted by molar-refractivity contribution is 5.38. The van der Waals surface area contributed by atoms with Gasteiger partial charge in [-0.15, -0.1) is 0 Å². The maximum absolute atomic E-state index is 9.96. The lowest BCUT2D eigenvalue weighted by Crippen LogP contribution is -2.09. The molecule has 0 fully saturated rings. The first kappa shape index (κ1) is 13.2. The summed E-state index contributed by atoms with van der Waals surface area (Å²) in [6.07, 6.45) is 2.66. The number of aliphatic hydroxyl groups excluding tert-OH is 1. The second-order valence-corrected chi connectivity index (χ2v) is 5.48. The second-order valence-electron chi connectivity index (χ2n) is 5.48. The van der Waals surface area contributed by atoms with Crippen molar-refractivity contribution in [2.75, 3.05) is 0 Å². The summed E-state index contributed by atoms with van der Waals surface area (Å²) in [5, 5.41) is 9.96. The number of ether oxygens (including phenoxy) is 1. The molecule has 1 atom stereocenters. The molecule has 3 rings (SSSR count). The molecule has 0 amide bonds. The highest BCUT2D eigenvalue weighted by atomic mass is 16.5. The zero-order valence-corrected chi connectivity index (χ0v) is 11.8. The number of aryl methyl sites for hydroxylation is 2. The van der Waals surface area contributed by atoms with Crippen LogP contribution in [0.25, 0.3) is 0 Å². The summed E-state index contributed by atoms with van der Waals surface area (Å²) >= 11 is 0. The van der Waals surface area contributed by atoms with E-state index >= 15 is 0 Å². The third kappa shape index (κ3) is 2.70. The van der Waals surface area contributed by atoms with Gasteiger partial charge in [0.1, 0.15) is 12.4 Å². The molecule has 0 radical (unpaired) electrons. The van der Waals surface area contributed by atoms with Crippen molar-refractivity contribution in [2.24, 2.45) is 0 Å². The van der Waals surface area contributed by atoms with Crippen LogP contribution >= 0.6 is 0 Å². The van der Waals surface area contributed by atoms with Crippen LogP contribution in [-0.4, -0.2) is 5.11 Å². The van der Waals surface area contributed by atoms with Gasteiger partial charge in [0.25, 0.3) is 0 Å². The van der Waals surface area contributed by atoms with Crippen LogP contribution in [0.15, 0.2) is 42.5 Å². The SMILES string of the molecule is Cc1ccccc1COc1ccc2c(c1)CCCC2O. The average molecular weight is 268 g/mol. The van der Waals surface area contributed by atoms with E-state index in [1.54, 1.807) is 0 Å². The molecule has 0 heterocycles. The predicted octanol–water partition coefficient (Wildman–Crippen LogP) is 3.94. The van der Waals surface area contributed by atoms with Gasteiger partial charge in [0.2, 0.25) is 0 Å². The Bertz CT molecular complexity index is 604. The van der Waals surface area contributed by atoms with Crippen LogP contribution in [0, 0.1) is 6.92 Å². The Labute approximate surface area is 120 Å². The van der Waals surface area contributed by atoms with E-state index < -0.39 is 0 Å². The summed E-state index contributed by atoms with van der Waals surface area (Å²) < 4.78 is 5.89. The maximum Gasteiger partial charge on any atom is 0.120 e. The molecule has 0 saturated carbocycles. The molecule has 0 bridgehead atoms. The molecular formula is C18H20O2. The molecule has 1 aliphatic rings. The van der Waals surface area contributed by atoms with Crippen molar-refractivity contribution < 1.29 is 9.84 Å². The molecular weight excluding hydrogens is 248 g/mol. The number of aliphatic hydroxyl groups is 1. The van der Waals surface area contributed by atoms with E-state index in [0.717, 1.165) is 30.6 Å².